The Morgan fingerprint density at radius 2 is 1.75 bits per heavy atom. The molecule has 0 spiro atoms. The SMILES string of the molecule is N#Cc1cc(Br)cc(Nc2cccc3ccccc23)c1. The quantitative estimate of drug-likeness (QED) is 0.702. The van der Waals surface area contributed by atoms with Crippen LogP contribution in [-0.2, 0) is 0 Å². The number of rotatable bonds is 2. The number of nitrogens with one attached hydrogen (secondary N) is 1. The van der Waals surface area contributed by atoms with Gasteiger partial charge >= 0.3 is 0 Å². The van der Waals surface area contributed by atoms with Crippen LogP contribution in [0.3, 0.4) is 0 Å². The van der Waals surface area contributed by atoms with E-state index in [1.165, 1.54) is 5.39 Å². The molecule has 3 heteroatoms. The van der Waals surface area contributed by atoms with Gasteiger partial charge in [-0.15, -0.1) is 0 Å². The first-order chi connectivity index (χ1) is 9.76. The second-order valence-corrected chi connectivity index (χ2v) is 5.41. The van der Waals surface area contributed by atoms with Crippen molar-refractivity contribution < 1.29 is 0 Å². The van der Waals surface area contributed by atoms with Gasteiger partial charge in [-0.3, -0.25) is 0 Å². The van der Waals surface area contributed by atoms with Gasteiger partial charge in [-0.2, -0.15) is 5.26 Å². The monoisotopic (exact) mass is 322 g/mol. The molecule has 0 aliphatic carbocycles. The van der Waals surface area contributed by atoms with Crippen molar-refractivity contribution in [3.63, 3.8) is 0 Å². The molecule has 0 aliphatic rings. The van der Waals surface area contributed by atoms with Gasteiger partial charge < -0.3 is 5.32 Å². The summed E-state index contributed by atoms with van der Waals surface area (Å²) in [7, 11) is 0. The summed E-state index contributed by atoms with van der Waals surface area (Å²) in [6, 6.07) is 22.1. The minimum absolute atomic E-state index is 0.627. The zero-order valence-corrected chi connectivity index (χ0v) is 12.2. The van der Waals surface area contributed by atoms with E-state index in [2.05, 4.69) is 45.5 Å². The molecule has 0 fully saturated rings. The number of halogens is 1. The van der Waals surface area contributed by atoms with Gasteiger partial charge in [-0.25, -0.2) is 0 Å². The minimum Gasteiger partial charge on any atom is -0.355 e. The Kier molecular flexibility index (Phi) is 3.41. The smallest absolute Gasteiger partial charge is 0.0992 e. The summed E-state index contributed by atoms with van der Waals surface area (Å²) < 4.78 is 0.888. The predicted molar refractivity (Wildman–Crippen MR) is 86.1 cm³/mol. The van der Waals surface area contributed by atoms with Gasteiger partial charge in [0.05, 0.1) is 11.6 Å². The van der Waals surface area contributed by atoms with Crippen LogP contribution in [0.1, 0.15) is 5.56 Å². The Bertz CT molecular complexity index is 813. The van der Waals surface area contributed by atoms with Crippen molar-refractivity contribution >= 4 is 38.1 Å². The minimum atomic E-state index is 0.627. The number of benzene rings is 3. The summed E-state index contributed by atoms with van der Waals surface area (Å²) in [4.78, 5) is 0. The highest BCUT2D eigenvalue weighted by Crippen LogP contribution is 2.28. The summed E-state index contributed by atoms with van der Waals surface area (Å²) in [6.07, 6.45) is 0. The van der Waals surface area contributed by atoms with E-state index in [9.17, 15) is 0 Å². The number of nitrogens with zero attached hydrogens (tertiary/aromatic N) is 1. The van der Waals surface area contributed by atoms with Crippen LogP contribution in [0, 0.1) is 11.3 Å². The molecule has 3 aromatic carbocycles. The third kappa shape index (κ3) is 2.52. The zero-order chi connectivity index (χ0) is 13.9. The molecule has 0 heterocycles. The van der Waals surface area contributed by atoms with Gasteiger partial charge in [-0.05, 0) is 29.7 Å². The molecule has 1 N–H and O–H groups in total. The van der Waals surface area contributed by atoms with Gasteiger partial charge in [0, 0.05) is 21.2 Å². The topological polar surface area (TPSA) is 35.8 Å². The number of hydrogen-bond donors (Lipinski definition) is 1. The highest BCUT2D eigenvalue weighted by molar-refractivity contribution is 9.10. The highest BCUT2D eigenvalue weighted by atomic mass is 79.9. The second kappa shape index (κ2) is 5.36. The molecule has 0 saturated heterocycles. The standard InChI is InChI=1S/C17H11BrN2/c18-14-8-12(11-19)9-15(10-14)20-17-7-3-5-13-4-1-2-6-16(13)17/h1-10,20H. The number of fused-ring (bicyclic) bond motifs is 1. The van der Waals surface area contributed by atoms with Crippen molar-refractivity contribution in [2.75, 3.05) is 5.32 Å². The largest absolute Gasteiger partial charge is 0.355 e. The first-order valence-corrected chi connectivity index (χ1v) is 7.01. The fourth-order valence-electron chi connectivity index (χ4n) is 2.22. The number of nitriles is 1. The summed E-state index contributed by atoms with van der Waals surface area (Å²) in [5, 5.41) is 14.8. The van der Waals surface area contributed by atoms with E-state index in [1.54, 1.807) is 6.07 Å². The Morgan fingerprint density at radius 3 is 2.60 bits per heavy atom. The van der Waals surface area contributed by atoms with Crippen LogP contribution >= 0.6 is 15.9 Å². The highest BCUT2D eigenvalue weighted by Gasteiger charge is 2.03. The van der Waals surface area contributed by atoms with Crippen LogP contribution in [0.5, 0.6) is 0 Å². The summed E-state index contributed by atoms with van der Waals surface area (Å²) in [6.45, 7) is 0. The van der Waals surface area contributed by atoms with E-state index >= 15 is 0 Å². The van der Waals surface area contributed by atoms with Gasteiger partial charge in [0.2, 0.25) is 0 Å². The summed E-state index contributed by atoms with van der Waals surface area (Å²) >= 11 is 3.43. The lowest BCUT2D eigenvalue weighted by atomic mass is 10.1. The Labute approximate surface area is 125 Å². The Morgan fingerprint density at radius 1 is 0.950 bits per heavy atom. The molecular formula is C17H11BrN2. The molecule has 0 amide bonds. The van der Waals surface area contributed by atoms with Gasteiger partial charge in [0.25, 0.3) is 0 Å². The Hall–Kier alpha value is -2.31. The van der Waals surface area contributed by atoms with Crippen LogP contribution in [0.4, 0.5) is 11.4 Å². The van der Waals surface area contributed by atoms with Crippen molar-refractivity contribution in [2.45, 2.75) is 0 Å². The molecule has 0 aliphatic heterocycles. The van der Waals surface area contributed by atoms with E-state index in [-0.39, 0.29) is 0 Å². The van der Waals surface area contributed by atoms with E-state index in [4.69, 9.17) is 5.26 Å². The molecular weight excluding hydrogens is 312 g/mol. The normalized spacial score (nSPS) is 10.2. The maximum atomic E-state index is 9.03. The van der Waals surface area contributed by atoms with Crippen molar-refractivity contribution in [1.82, 2.24) is 0 Å². The maximum absolute atomic E-state index is 9.03. The molecule has 0 saturated carbocycles. The lowest BCUT2D eigenvalue weighted by Gasteiger charge is -2.10. The number of hydrogen-bond acceptors (Lipinski definition) is 2. The second-order valence-electron chi connectivity index (χ2n) is 4.49. The summed E-state index contributed by atoms with van der Waals surface area (Å²) in [5.41, 5.74) is 2.56. The van der Waals surface area contributed by atoms with Crippen molar-refractivity contribution in [3.8, 4) is 6.07 Å². The average Bonchev–Trinajstić information content (AvgIpc) is 2.47. The van der Waals surface area contributed by atoms with Crippen LogP contribution in [0.15, 0.2) is 65.1 Å². The maximum Gasteiger partial charge on any atom is 0.0992 e. The fraction of sp³-hybridized carbons (Fsp3) is 0. The third-order valence-electron chi connectivity index (χ3n) is 3.10. The molecule has 0 atom stereocenters. The van der Waals surface area contributed by atoms with E-state index in [0.717, 1.165) is 21.2 Å². The molecule has 0 aromatic heterocycles. The summed E-state index contributed by atoms with van der Waals surface area (Å²) in [5.74, 6) is 0. The van der Waals surface area contributed by atoms with E-state index in [0.29, 0.717) is 5.56 Å². The van der Waals surface area contributed by atoms with Gasteiger partial charge in [-0.1, -0.05) is 52.3 Å². The van der Waals surface area contributed by atoms with Gasteiger partial charge in [0.15, 0.2) is 0 Å². The first kappa shape index (κ1) is 12.7. The molecule has 0 unspecified atom stereocenters. The zero-order valence-electron chi connectivity index (χ0n) is 10.6. The van der Waals surface area contributed by atoms with Crippen molar-refractivity contribution in [1.29, 1.82) is 5.26 Å². The molecule has 0 radical (unpaired) electrons. The van der Waals surface area contributed by atoms with Gasteiger partial charge in [0.1, 0.15) is 0 Å². The van der Waals surface area contributed by atoms with Crippen LogP contribution in [0.2, 0.25) is 0 Å². The fourth-order valence-corrected chi connectivity index (χ4v) is 2.71. The third-order valence-corrected chi connectivity index (χ3v) is 3.55. The van der Waals surface area contributed by atoms with Crippen molar-refractivity contribution in [3.05, 3.63) is 70.7 Å². The molecule has 3 rings (SSSR count). The molecule has 3 aromatic rings. The van der Waals surface area contributed by atoms with Crippen LogP contribution in [-0.4, -0.2) is 0 Å². The number of anilines is 2. The van der Waals surface area contributed by atoms with Crippen LogP contribution in [0.25, 0.3) is 10.8 Å². The molecule has 0 bridgehead atoms. The first-order valence-electron chi connectivity index (χ1n) is 6.22. The van der Waals surface area contributed by atoms with Crippen LogP contribution < -0.4 is 5.32 Å². The predicted octanol–water partition coefficient (Wildman–Crippen LogP) is 5.22. The van der Waals surface area contributed by atoms with E-state index in [1.807, 2.05) is 36.4 Å². The lowest BCUT2D eigenvalue weighted by Crippen LogP contribution is -1.92. The molecule has 96 valence electrons. The average molecular weight is 323 g/mol. The lowest BCUT2D eigenvalue weighted by molar-refractivity contribution is 1.46. The molecule has 2 nitrogen and oxygen atoms in total. The van der Waals surface area contributed by atoms with E-state index < -0.39 is 0 Å². The Balaban J connectivity index is 2.06. The molecule has 20 heavy (non-hydrogen) atoms. The van der Waals surface area contributed by atoms with Crippen molar-refractivity contribution in [2.24, 2.45) is 0 Å².